The van der Waals surface area contributed by atoms with E-state index in [0.29, 0.717) is 9.50 Å². The lowest BCUT2D eigenvalue weighted by Crippen LogP contribution is -2.11. The first-order valence-electron chi connectivity index (χ1n) is 3.88. The highest BCUT2D eigenvalue weighted by Crippen LogP contribution is 2.23. The van der Waals surface area contributed by atoms with E-state index >= 15 is 0 Å². The quantitative estimate of drug-likeness (QED) is 0.784. The molecule has 0 aliphatic heterocycles. The van der Waals surface area contributed by atoms with Crippen molar-refractivity contribution in [1.29, 1.82) is 10.5 Å². The van der Waals surface area contributed by atoms with E-state index in [-0.39, 0.29) is 5.56 Å². The molecule has 0 spiro atoms. The molecule has 0 amide bonds. The average Bonchev–Trinajstić information content (AvgIpc) is 2.23. The zero-order valence-corrected chi connectivity index (χ0v) is 9.71. The first-order valence-corrected chi connectivity index (χ1v) is 5.05. The van der Waals surface area contributed by atoms with Gasteiger partial charge in [-0.3, -0.25) is 4.79 Å². The Morgan fingerprint density at radius 3 is 2.53 bits per heavy atom. The van der Waals surface area contributed by atoms with Crippen molar-refractivity contribution in [2.24, 2.45) is 5.92 Å². The Bertz CT molecular complexity index is 473. The number of nitriles is 2. The summed E-state index contributed by atoms with van der Waals surface area (Å²) in [6.45, 7) is 0. The number of nitrogens with zero attached hydrogens (tertiary/aromatic N) is 2. The number of halogens is 2. The smallest absolute Gasteiger partial charge is 0.195 e. The fourth-order valence-electron chi connectivity index (χ4n) is 0.988. The highest BCUT2D eigenvalue weighted by molar-refractivity contribution is 9.10. The molecular formula is C10H4BrClN2O. The highest BCUT2D eigenvalue weighted by Gasteiger charge is 2.21. The van der Waals surface area contributed by atoms with Crippen LogP contribution in [-0.4, -0.2) is 5.78 Å². The maximum atomic E-state index is 11.6. The predicted molar refractivity (Wildman–Crippen MR) is 58.2 cm³/mol. The lowest BCUT2D eigenvalue weighted by atomic mass is 10.0. The molecule has 5 heteroatoms. The van der Waals surface area contributed by atoms with Crippen LogP contribution in [0.3, 0.4) is 0 Å². The van der Waals surface area contributed by atoms with Crippen LogP contribution in [0.4, 0.5) is 0 Å². The lowest BCUT2D eigenvalue weighted by Gasteiger charge is -2.03. The minimum Gasteiger partial charge on any atom is -0.291 e. The maximum absolute atomic E-state index is 11.6. The molecule has 0 aromatic heterocycles. The second kappa shape index (κ2) is 4.93. The number of benzene rings is 1. The van der Waals surface area contributed by atoms with Crippen LogP contribution in [0.25, 0.3) is 0 Å². The van der Waals surface area contributed by atoms with Gasteiger partial charge in [0.05, 0.1) is 12.1 Å². The first kappa shape index (κ1) is 11.7. The zero-order chi connectivity index (χ0) is 11.4. The topological polar surface area (TPSA) is 64.7 Å². The fraction of sp³-hybridized carbons (Fsp3) is 0.100. The number of ketones is 1. The maximum Gasteiger partial charge on any atom is 0.195 e. The van der Waals surface area contributed by atoms with Crippen molar-refractivity contribution in [2.45, 2.75) is 0 Å². The summed E-state index contributed by atoms with van der Waals surface area (Å²) in [6, 6.07) is 7.88. The van der Waals surface area contributed by atoms with Gasteiger partial charge < -0.3 is 0 Å². The second-order valence-corrected chi connectivity index (χ2v) is 3.97. The predicted octanol–water partition coefficient (Wildman–Crippen LogP) is 2.95. The number of carbonyl (C=O) groups is 1. The van der Waals surface area contributed by atoms with Crippen LogP contribution < -0.4 is 0 Å². The Kier molecular flexibility index (Phi) is 3.85. The molecule has 1 aromatic rings. The summed E-state index contributed by atoms with van der Waals surface area (Å²) in [5, 5.41) is 17.5. The van der Waals surface area contributed by atoms with Gasteiger partial charge in [0.25, 0.3) is 0 Å². The molecule has 0 aliphatic rings. The van der Waals surface area contributed by atoms with Gasteiger partial charge in [-0.25, -0.2) is 0 Å². The summed E-state index contributed by atoms with van der Waals surface area (Å²) in [5.41, 5.74) is 0.246. The molecule has 0 radical (unpaired) electrons. The summed E-state index contributed by atoms with van der Waals surface area (Å²) in [6.07, 6.45) is 0. The molecule has 0 bridgehead atoms. The van der Waals surface area contributed by atoms with E-state index in [1.54, 1.807) is 24.3 Å². The van der Waals surface area contributed by atoms with Crippen molar-refractivity contribution in [3.8, 4) is 12.1 Å². The van der Waals surface area contributed by atoms with Gasteiger partial charge in [0.1, 0.15) is 0 Å². The highest BCUT2D eigenvalue weighted by atomic mass is 79.9. The van der Waals surface area contributed by atoms with Crippen molar-refractivity contribution in [3.05, 3.63) is 33.3 Å². The molecule has 1 rings (SSSR count). The van der Waals surface area contributed by atoms with Crippen LogP contribution in [0.1, 0.15) is 10.4 Å². The molecule has 0 saturated carbocycles. The molecule has 1 aromatic carbocycles. The largest absolute Gasteiger partial charge is 0.291 e. The minimum atomic E-state index is -1.29. The zero-order valence-electron chi connectivity index (χ0n) is 7.37. The van der Waals surface area contributed by atoms with Crippen molar-refractivity contribution >= 4 is 33.3 Å². The van der Waals surface area contributed by atoms with Gasteiger partial charge in [0.15, 0.2) is 11.7 Å². The van der Waals surface area contributed by atoms with E-state index in [1.165, 1.54) is 6.07 Å². The van der Waals surface area contributed by atoms with Crippen molar-refractivity contribution < 1.29 is 4.79 Å². The standard InChI is InChI=1S/C10H4BrClN2O/c11-9-2-1-7(12)3-8(9)10(15)6(4-13)5-14/h1-3,6H. The SMILES string of the molecule is N#CC(C#N)C(=O)c1cc(Cl)ccc1Br. The van der Waals surface area contributed by atoms with Gasteiger partial charge in [-0.2, -0.15) is 10.5 Å². The Morgan fingerprint density at radius 1 is 1.40 bits per heavy atom. The Labute approximate surface area is 100 Å². The van der Waals surface area contributed by atoms with E-state index in [4.69, 9.17) is 22.1 Å². The number of hydrogen-bond acceptors (Lipinski definition) is 3. The van der Waals surface area contributed by atoms with E-state index in [1.807, 2.05) is 0 Å². The molecule has 0 fully saturated rings. The van der Waals surface area contributed by atoms with Crippen LogP contribution >= 0.6 is 27.5 Å². The third-order valence-corrected chi connectivity index (χ3v) is 2.64. The fourth-order valence-corrected chi connectivity index (χ4v) is 1.60. The van der Waals surface area contributed by atoms with Gasteiger partial charge in [-0.1, -0.05) is 27.5 Å². The van der Waals surface area contributed by atoms with Gasteiger partial charge in [-0.15, -0.1) is 0 Å². The Hall–Kier alpha value is -1.36. The van der Waals surface area contributed by atoms with Crippen LogP contribution in [0.2, 0.25) is 5.02 Å². The first-order chi connectivity index (χ1) is 7.10. The molecule has 74 valence electrons. The molecule has 15 heavy (non-hydrogen) atoms. The summed E-state index contributed by atoms with van der Waals surface area (Å²) >= 11 is 8.87. The molecule has 0 saturated heterocycles. The van der Waals surface area contributed by atoms with E-state index < -0.39 is 11.7 Å². The van der Waals surface area contributed by atoms with Crippen molar-refractivity contribution in [2.75, 3.05) is 0 Å². The monoisotopic (exact) mass is 282 g/mol. The molecule has 3 nitrogen and oxygen atoms in total. The van der Waals surface area contributed by atoms with Gasteiger partial charge >= 0.3 is 0 Å². The summed E-state index contributed by atoms with van der Waals surface area (Å²) in [4.78, 5) is 11.6. The van der Waals surface area contributed by atoms with E-state index in [9.17, 15) is 4.79 Å². The van der Waals surface area contributed by atoms with E-state index in [2.05, 4.69) is 15.9 Å². The molecular weight excluding hydrogens is 279 g/mol. The Morgan fingerprint density at radius 2 is 2.00 bits per heavy atom. The van der Waals surface area contributed by atoms with E-state index in [0.717, 1.165) is 0 Å². The third-order valence-electron chi connectivity index (χ3n) is 1.71. The number of hydrogen-bond donors (Lipinski definition) is 0. The second-order valence-electron chi connectivity index (χ2n) is 2.68. The number of carbonyl (C=O) groups excluding carboxylic acids is 1. The van der Waals surface area contributed by atoms with Gasteiger partial charge in [-0.05, 0) is 18.2 Å². The minimum absolute atomic E-state index is 0.246. The molecule has 0 heterocycles. The average molecular weight is 284 g/mol. The summed E-state index contributed by atoms with van der Waals surface area (Å²) < 4.78 is 0.521. The van der Waals surface area contributed by atoms with Gasteiger partial charge in [0, 0.05) is 15.1 Å². The number of rotatable bonds is 2. The molecule has 0 N–H and O–H groups in total. The van der Waals surface area contributed by atoms with Crippen molar-refractivity contribution in [1.82, 2.24) is 0 Å². The normalized spacial score (nSPS) is 9.40. The lowest BCUT2D eigenvalue weighted by molar-refractivity contribution is 0.0970. The summed E-state index contributed by atoms with van der Waals surface area (Å²) in [7, 11) is 0. The molecule has 0 unspecified atom stereocenters. The van der Waals surface area contributed by atoms with Crippen LogP contribution in [0.5, 0.6) is 0 Å². The van der Waals surface area contributed by atoms with Crippen molar-refractivity contribution in [3.63, 3.8) is 0 Å². The summed E-state index contributed by atoms with van der Waals surface area (Å²) in [5.74, 6) is -1.84. The molecule has 0 aliphatic carbocycles. The Balaban J connectivity index is 3.18. The van der Waals surface area contributed by atoms with Crippen LogP contribution in [-0.2, 0) is 0 Å². The molecule has 0 atom stereocenters. The van der Waals surface area contributed by atoms with Crippen LogP contribution in [0, 0.1) is 28.6 Å². The number of Topliss-reactive ketones (excluding diaryl/α,β-unsaturated/α-hetero) is 1. The third kappa shape index (κ3) is 2.56. The van der Waals surface area contributed by atoms with Crippen LogP contribution in [0.15, 0.2) is 22.7 Å². The van der Waals surface area contributed by atoms with Gasteiger partial charge in [0.2, 0.25) is 0 Å².